The van der Waals surface area contributed by atoms with Crippen molar-refractivity contribution in [3.05, 3.63) is 60.2 Å². The summed E-state index contributed by atoms with van der Waals surface area (Å²) >= 11 is 0. The van der Waals surface area contributed by atoms with Gasteiger partial charge in [0.15, 0.2) is 0 Å². The number of nitrogens with zero attached hydrogens (tertiary/aromatic N) is 1. The Kier molecular flexibility index (Phi) is 8.45. The predicted octanol–water partition coefficient (Wildman–Crippen LogP) is 7.14. The Morgan fingerprint density at radius 2 is 1.29 bits per heavy atom. The molecule has 2 aromatic carbocycles. The molecule has 0 spiro atoms. The molecule has 0 amide bonds. The zero-order valence-corrected chi connectivity index (χ0v) is 15.5. The van der Waals surface area contributed by atoms with Crippen molar-refractivity contribution >= 4 is 11.4 Å². The van der Waals surface area contributed by atoms with E-state index in [0.717, 1.165) is 6.54 Å². The maximum absolute atomic E-state index is 2.43. The van der Waals surface area contributed by atoms with Crippen molar-refractivity contribution in [1.29, 1.82) is 0 Å². The summed E-state index contributed by atoms with van der Waals surface area (Å²) in [4.78, 5) is 2.43. The van der Waals surface area contributed by atoms with Crippen LogP contribution in [-0.4, -0.2) is 6.54 Å². The molecule has 0 bridgehead atoms. The lowest BCUT2D eigenvalue weighted by molar-refractivity contribution is 0.589. The third-order valence-corrected chi connectivity index (χ3v) is 4.72. The Labute approximate surface area is 148 Å². The van der Waals surface area contributed by atoms with Crippen LogP contribution in [0.4, 0.5) is 11.4 Å². The van der Waals surface area contributed by atoms with E-state index in [0.29, 0.717) is 0 Å². The molecule has 0 fully saturated rings. The Balaban J connectivity index is 1.94. The summed E-state index contributed by atoms with van der Waals surface area (Å²) in [5.74, 6) is 0. The summed E-state index contributed by atoms with van der Waals surface area (Å²) in [6, 6.07) is 19.6. The smallest absolute Gasteiger partial charge is 0.0443 e. The fraction of sp³-hybridized carbons (Fsp3) is 0.478. The van der Waals surface area contributed by atoms with Gasteiger partial charge < -0.3 is 4.90 Å². The minimum atomic E-state index is 0.998. The molecule has 0 aromatic heterocycles. The normalized spacial score (nSPS) is 10.8. The second-order valence-corrected chi connectivity index (χ2v) is 6.58. The molecule has 1 nitrogen and oxygen atoms in total. The van der Waals surface area contributed by atoms with E-state index in [4.69, 9.17) is 0 Å². The van der Waals surface area contributed by atoms with Gasteiger partial charge in [-0.2, -0.15) is 0 Å². The van der Waals surface area contributed by atoms with E-state index in [1.54, 1.807) is 0 Å². The molecule has 0 radical (unpaired) electrons. The number of rotatable bonds is 11. The highest BCUT2D eigenvalue weighted by molar-refractivity contribution is 5.66. The van der Waals surface area contributed by atoms with Gasteiger partial charge in [0.2, 0.25) is 0 Å². The van der Waals surface area contributed by atoms with E-state index in [1.165, 1.54) is 68.3 Å². The largest absolute Gasteiger partial charge is 0.342 e. The molecule has 0 unspecified atom stereocenters. The third-order valence-electron chi connectivity index (χ3n) is 4.72. The molecular weight excluding hydrogens is 290 g/mol. The molecule has 0 aliphatic carbocycles. The molecule has 24 heavy (non-hydrogen) atoms. The van der Waals surface area contributed by atoms with Crippen LogP contribution >= 0.6 is 0 Å². The van der Waals surface area contributed by atoms with Crippen LogP contribution in [0.5, 0.6) is 0 Å². The molecule has 0 aliphatic heterocycles. The lowest BCUT2D eigenvalue weighted by Crippen LogP contribution is -2.17. The van der Waals surface area contributed by atoms with E-state index in [9.17, 15) is 0 Å². The third kappa shape index (κ3) is 5.70. The van der Waals surface area contributed by atoms with Crippen molar-refractivity contribution in [3.63, 3.8) is 0 Å². The van der Waals surface area contributed by atoms with Crippen molar-refractivity contribution in [2.45, 2.75) is 65.2 Å². The van der Waals surface area contributed by atoms with Crippen molar-refractivity contribution < 1.29 is 0 Å². The summed E-state index contributed by atoms with van der Waals surface area (Å²) < 4.78 is 0. The van der Waals surface area contributed by atoms with Gasteiger partial charge in [-0.15, -0.1) is 0 Å². The van der Waals surface area contributed by atoms with Gasteiger partial charge in [0.25, 0.3) is 0 Å². The van der Waals surface area contributed by atoms with Crippen molar-refractivity contribution in [3.8, 4) is 0 Å². The molecule has 2 aromatic rings. The predicted molar refractivity (Wildman–Crippen MR) is 107 cm³/mol. The molecule has 0 atom stereocenters. The fourth-order valence-electron chi connectivity index (χ4n) is 3.36. The van der Waals surface area contributed by atoms with E-state index in [2.05, 4.69) is 73.3 Å². The summed E-state index contributed by atoms with van der Waals surface area (Å²) in [5, 5.41) is 0. The van der Waals surface area contributed by atoms with Gasteiger partial charge in [0.1, 0.15) is 0 Å². The van der Waals surface area contributed by atoms with Crippen molar-refractivity contribution in [2.24, 2.45) is 0 Å². The number of benzene rings is 2. The minimum absolute atomic E-state index is 0.998. The Morgan fingerprint density at radius 1 is 0.667 bits per heavy atom. The average Bonchev–Trinajstić information content (AvgIpc) is 2.64. The van der Waals surface area contributed by atoms with Crippen LogP contribution in [-0.2, 0) is 6.42 Å². The SMILES string of the molecule is CCCCCCCCCc1ccccc1N(CC)c1ccccc1. The first-order valence-electron chi connectivity index (χ1n) is 9.77. The first-order valence-corrected chi connectivity index (χ1v) is 9.77. The number of hydrogen-bond donors (Lipinski definition) is 0. The van der Waals surface area contributed by atoms with Crippen LogP contribution in [0.15, 0.2) is 54.6 Å². The number of aryl methyl sites for hydroxylation is 1. The Hall–Kier alpha value is -1.76. The standard InChI is InChI=1S/C23H33N/c1-3-5-6-7-8-9-11-16-21-17-14-15-20-23(21)24(4-2)22-18-12-10-13-19-22/h10,12-15,17-20H,3-9,11,16H2,1-2H3. The monoisotopic (exact) mass is 323 g/mol. The molecular formula is C23H33N. The van der Waals surface area contributed by atoms with Crippen LogP contribution in [0, 0.1) is 0 Å². The summed E-state index contributed by atoms with van der Waals surface area (Å²) in [5.41, 5.74) is 4.14. The van der Waals surface area contributed by atoms with E-state index in [1.807, 2.05) is 0 Å². The van der Waals surface area contributed by atoms with Gasteiger partial charge in [-0.25, -0.2) is 0 Å². The molecule has 130 valence electrons. The Morgan fingerprint density at radius 3 is 2.00 bits per heavy atom. The zero-order valence-electron chi connectivity index (χ0n) is 15.5. The van der Waals surface area contributed by atoms with Gasteiger partial charge in [-0.3, -0.25) is 0 Å². The molecule has 0 heterocycles. The first-order chi connectivity index (χ1) is 11.9. The van der Waals surface area contributed by atoms with Crippen LogP contribution in [0.1, 0.15) is 64.4 Å². The van der Waals surface area contributed by atoms with Crippen LogP contribution in [0.25, 0.3) is 0 Å². The number of anilines is 2. The van der Waals surface area contributed by atoms with Gasteiger partial charge in [-0.05, 0) is 43.5 Å². The molecule has 0 saturated heterocycles. The fourth-order valence-corrected chi connectivity index (χ4v) is 3.36. The van der Waals surface area contributed by atoms with Crippen LogP contribution in [0.2, 0.25) is 0 Å². The average molecular weight is 324 g/mol. The number of para-hydroxylation sites is 2. The first kappa shape index (κ1) is 18.6. The highest BCUT2D eigenvalue weighted by Crippen LogP contribution is 2.29. The minimum Gasteiger partial charge on any atom is -0.342 e. The molecule has 0 saturated carbocycles. The van der Waals surface area contributed by atoms with E-state index < -0.39 is 0 Å². The molecule has 0 aliphatic rings. The zero-order chi connectivity index (χ0) is 17.0. The quantitative estimate of drug-likeness (QED) is 0.397. The van der Waals surface area contributed by atoms with Gasteiger partial charge in [-0.1, -0.05) is 81.8 Å². The number of hydrogen-bond acceptors (Lipinski definition) is 1. The summed E-state index contributed by atoms with van der Waals surface area (Å²) in [6.07, 6.45) is 10.8. The van der Waals surface area contributed by atoms with E-state index in [-0.39, 0.29) is 0 Å². The molecule has 2 rings (SSSR count). The number of unbranched alkanes of at least 4 members (excludes halogenated alkanes) is 6. The summed E-state index contributed by atoms with van der Waals surface area (Å²) in [6.45, 7) is 5.51. The van der Waals surface area contributed by atoms with Crippen LogP contribution < -0.4 is 4.90 Å². The topological polar surface area (TPSA) is 3.24 Å². The van der Waals surface area contributed by atoms with Crippen molar-refractivity contribution in [1.82, 2.24) is 0 Å². The molecule has 0 N–H and O–H groups in total. The second kappa shape index (κ2) is 10.9. The lowest BCUT2D eigenvalue weighted by Gasteiger charge is -2.26. The highest BCUT2D eigenvalue weighted by atomic mass is 15.1. The summed E-state index contributed by atoms with van der Waals surface area (Å²) in [7, 11) is 0. The highest BCUT2D eigenvalue weighted by Gasteiger charge is 2.10. The van der Waals surface area contributed by atoms with Crippen molar-refractivity contribution in [2.75, 3.05) is 11.4 Å². The van der Waals surface area contributed by atoms with Gasteiger partial charge in [0.05, 0.1) is 0 Å². The lowest BCUT2D eigenvalue weighted by atomic mass is 10.0. The maximum atomic E-state index is 2.43. The molecule has 1 heteroatoms. The second-order valence-electron chi connectivity index (χ2n) is 6.58. The maximum Gasteiger partial charge on any atom is 0.0443 e. The van der Waals surface area contributed by atoms with E-state index >= 15 is 0 Å². The van der Waals surface area contributed by atoms with Gasteiger partial charge >= 0.3 is 0 Å². The Bertz CT molecular complexity index is 561. The van der Waals surface area contributed by atoms with Gasteiger partial charge in [0, 0.05) is 17.9 Å². The van der Waals surface area contributed by atoms with Crippen LogP contribution in [0.3, 0.4) is 0 Å².